The highest BCUT2D eigenvalue weighted by molar-refractivity contribution is 7.84. The summed E-state index contributed by atoms with van der Waals surface area (Å²) in [5.74, 6) is 0. The van der Waals surface area contributed by atoms with E-state index in [1.807, 2.05) is 0 Å². The predicted molar refractivity (Wildman–Crippen MR) is 19.3 cm³/mol. The number of hydrogen-bond donors (Lipinski definition) is 1. The third-order valence-electron chi connectivity index (χ3n) is 0.156. The topological polar surface area (TPSA) is 0 Å². The zero-order valence-corrected chi connectivity index (χ0v) is 5.37. The van der Waals surface area contributed by atoms with Crippen molar-refractivity contribution in [3.63, 3.8) is 0 Å². The largest absolute Gasteiger partial charge is 1.00 e. The molecule has 0 radical (unpaired) electrons. The van der Waals surface area contributed by atoms with Crippen molar-refractivity contribution >= 4 is 12.6 Å². The fraction of sp³-hybridized carbons (Fsp3) is 0. The SMILES string of the molecule is FC(F)=C(F)S.[F-].[F-].[F-].[F-].[F-]. The molecule has 0 heterocycles. The van der Waals surface area contributed by atoms with Gasteiger partial charge in [0.05, 0.1) is 0 Å². The van der Waals surface area contributed by atoms with Gasteiger partial charge in [0.25, 0.3) is 0 Å². The molecule has 0 aromatic carbocycles. The molecule has 76 valence electrons. The van der Waals surface area contributed by atoms with E-state index in [1.54, 1.807) is 0 Å². The standard InChI is InChI=1S/C2HF3S.5FH/c3-1(4)2(5)6;;;;;/h6H;5*1H/p-5. The smallest absolute Gasteiger partial charge is 0.312 e. The second-order valence-electron chi connectivity index (χ2n) is 0.551. The summed E-state index contributed by atoms with van der Waals surface area (Å²) in [6.45, 7) is 0. The van der Waals surface area contributed by atoms with Crippen LogP contribution in [0.5, 0.6) is 0 Å². The Balaban J connectivity index is -0.0000000125. The first-order chi connectivity index (χ1) is 2.64. The molecule has 0 aliphatic heterocycles. The van der Waals surface area contributed by atoms with E-state index in [0.717, 1.165) is 0 Å². The lowest BCUT2D eigenvalue weighted by Crippen LogP contribution is -3.00. The van der Waals surface area contributed by atoms with Gasteiger partial charge in [-0.15, -0.1) is 12.6 Å². The summed E-state index contributed by atoms with van der Waals surface area (Å²) in [4.78, 5) is 0. The monoisotopic (exact) mass is 209 g/mol. The van der Waals surface area contributed by atoms with Crippen molar-refractivity contribution in [2.75, 3.05) is 0 Å². The lowest BCUT2D eigenvalue weighted by atomic mass is 11.1. The van der Waals surface area contributed by atoms with Gasteiger partial charge in [-0.05, 0) is 0 Å². The molecule has 0 aromatic rings. The number of hydrogen-bond acceptors (Lipinski definition) is 1. The Morgan fingerprint density at radius 2 is 0.818 bits per heavy atom. The van der Waals surface area contributed by atoms with Crippen molar-refractivity contribution in [3.8, 4) is 0 Å². The van der Waals surface area contributed by atoms with Crippen LogP contribution in [0.25, 0.3) is 0 Å². The van der Waals surface area contributed by atoms with E-state index >= 15 is 0 Å². The predicted octanol–water partition coefficient (Wildman–Crippen LogP) is -13.0. The highest BCUT2D eigenvalue weighted by atomic mass is 32.1. The van der Waals surface area contributed by atoms with Gasteiger partial charge in [-0.3, -0.25) is 0 Å². The van der Waals surface area contributed by atoms with Gasteiger partial charge >= 0.3 is 6.08 Å². The molecule has 0 saturated carbocycles. The maximum absolute atomic E-state index is 10.8. The number of halogens is 8. The van der Waals surface area contributed by atoms with Gasteiger partial charge < -0.3 is 23.5 Å². The van der Waals surface area contributed by atoms with Gasteiger partial charge in [0.15, 0.2) is 0 Å². The lowest BCUT2D eigenvalue weighted by Gasteiger charge is -1.72. The summed E-state index contributed by atoms with van der Waals surface area (Å²) in [5.41, 5.74) is 0. The molecule has 0 aliphatic carbocycles. The van der Waals surface area contributed by atoms with Crippen LogP contribution in [0.15, 0.2) is 11.2 Å². The first kappa shape index (κ1) is 46.6. The summed E-state index contributed by atoms with van der Waals surface area (Å²) >= 11 is 2.66. The van der Waals surface area contributed by atoms with Crippen LogP contribution in [0.3, 0.4) is 0 Å². The van der Waals surface area contributed by atoms with Crippen molar-refractivity contribution in [3.05, 3.63) is 11.2 Å². The third-order valence-corrected chi connectivity index (χ3v) is 0.325. The summed E-state index contributed by atoms with van der Waals surface area (Å²) in [6, 6.07) is 0. The Hall–Kier alpha value is -0.470. The normalized spacial score (nSPS) is 4.36. The maximum atomic E-state index is 10.8. The Labute approximate surface area is 61.7 Å². The fourth-order valence-electron chi connectivity index (χ4n) is 0. The van der Waals surface area contributed by atoms with E-state index in [0.29, 0.717) is 0 Å². The van der Waals surface area contributed by atoms with Gasteiger partial charge in [0.2, 0.25) is 5.16 Å². The molecule has 0 atom stereocenters. The Bertz CT molecular complexity index is 62.2. The molecule has 0 rings (SSSR count). The number of rotatable bonds is 0. The maximum Gasteiger partial charge on any atom is 0.312 e. The van der Waals surface area contributed by atoms with Crippen molar-refractivity contribution in [1.29, 1.82) is 0 Å². The van der Waals surface area contributed by atoms with Crippen molar-refractivity contribution in [2.45, 2.75) is 0 Å². The third kappa shape index (κ3) is 43.4. The molecule has 0 aromatic heterocycles. The van der Waals surface area contributed by atoms with Crippen LogP contribution in [-0.2, 0) is 0 Å². The minimum atomic E-state index is -2.38. The molecule has 11 heavy (non-hydrogen) atoms. The van der Waals surface area contributed by atoms with E-state index in [9.17, 15) is 13.2 Å². The van der Waals surface area contributed by atoms with Crippen LogP contribution in [0.2, 0.25) is 0 Å². The van der Waals surface area contributed by atoms with E-state index < -0.39 is 11.2 Å². The van der Waals surface area contributed by atoms with Crippen LogP contribution < -0.4 is 23.5 Å². The van der Waals surface area contributed by atoms with Gasteiger partial charge in [0.1, 0.15) is 0 Å². The van der Waals surface area contributed by atoms with Crippen LogP contribution in [0.1, 0.15) is 0 Å². The average Bonchev–Trinajstić information content (AvgIpc) is 1.36. The van der Waals surface area contributed by atoms with Gasteiger partial charge in [-0.1, -0.05) is 0 Å². The Morgan fingerprint density at radius 3 is 0.818 bits per heavy atom. The van der Waals surface area contributed by atoms with E-state index in [4.69, 9.17) is 0 Å². The Kier molecular flexibility index (Phi) is 96.1. The van der Waals surface area contributed by atoms with E-state index in [-0.39, 0.29) is 23.5 Å². The molecular formula is C2HF8S-5. The lowest BCUT2D eigenvalue weighted by molar-refractivity contribution is -0.00100. The second-order valence-corrected chi connectivity index (χ2v) is 0.944. The molecule has 0 N–H and O–H groups in total. The highest BCUT2D eigenvalue weighted by Gasteiger charge is 1.93. The quantitative estimate of drug-likeness (QED) is 0.297. The fourth-order valence-corrected chi connectivity index (χ4v) is 0. The first-order valence-electron chi connectivity index (χ1n) is 1.04. The molecular weight excluding hydrogens is 208 g/mol. The van der Waals surface area contributed by atoms with Crippen molar-refractivity contribution in [1.82, 2.24) is 0 Å². The summed E-state index contributed by atoms with van der Waals surface area (Å²) in [6.07, 6.45) is -2.38. The zero-order chi connectivity index (χ0) is 5.15. The van der Waals surface area contributed by atoms with E-state index in [2.05, 4.69) is 12.6 Å². The summed E-state index contributed by atoms with van der Waals surface area (Å²) < 4.78 is 32.0. The van der Waals surface area contributed by atoms with Crippen LogP contribution >= 0.6 is 12.6 Å². The molecule has 9 heteroatoms. The second kappa shape index (κ2) is 22.7. The molecule has 0 bridgehead atoms. The minimum absolute atomic E-state index is 0. The van der Waals surface area contributed by atoms with Crippen LogP contribution in [0.4, 0.5) is 13.2 Å². The highest BCUT2D eigenvalue weighted by Crippen LogP contribution is 2.10. The molecule has 0 saturated heterocycles. The molecule has 0 amide bonds. The first-order valence-corrected chi connectivity index (χ1v) is 1.49. The van der Waals surface area contributed by atoms with Crippen LogP contribution in [0, 0.1) is 0 Å². The molecule has 0 spiro atoms. The Morgan fingerprint density at radius 1 is 0.727 bits per heavy atom. The number of thiol groups is 1. The molecule has 0 aliphatic rings. The summed E-state index contributed by atoms with van der Waals surface area (Å²) in [5, 5.41) is -1.71. The van der Waals surface area contributed by atoms with Crippen molar-refractivity contribution < 1.29 is 36.7 Å². The van der Waals surface area contributed by atoms with Gasteiger partial charge in [-0.2, -0.15) is 13.2 Å². The summed E-state index contributed by atoms with van der Waals surface area (Å²) in [7, 11) is 0. The van der Waals surface area contributed by atoms with Crippen molar-refractivity contribution in [2.24, 2.45) is 0 Å². The zero-order valence-electron chi connectivity index (χ0n) is 4.47. The average molecular weight is 209 g/mol. The molecule has 0 unspecified atom stereocenters. The van der Waals surface area contributed by atoms with E-state index in [1.165, 1.54) is 0 Å². The molecule has 0 nitrogen and oxygen atoms in total. The minimum Gasteiger partial charge on any atom is -1.00 e. The molecule has 0 fully saturated rings. The van der Waals surface area contributed by atoms with Crippen LogP contribution in [-0.4, -0.2) is 0 Å². The van der Waals surface area contributed by atoms with Gasteiger partial charge in [0, 0.05) is 0 Å². The van der Waals surface area contributed by atoms with Gasteiger partial charge in [-0.25, -0.2) is 0 Å².